The highest BCUT2D eigenvalue weighted by atomic mass is 16.5. The molecule has 0 spiro atoms. The summed E-state index contributed by atoms with van der Waals surface area (Å²) in [7, 11) is 0. The van der Waals surface area contributed by atoms with E-state index in [0.717, 1.165) is 35.5 Å². The van der Waals surface area contributed by atoms with E-state index in [0.29, 0.717) is 13.2 Å². The first-order valence-electron chi connectivity index (χ1n) is 8.17. The van der Waals surface area contributed by atoms with Crippen molar-refractivity contribution in [2.45, 2.75) is 18.9 Å². The van der Waals surface area contributed by atoms with Crippen LogP contribution >= 0.6 is 0 Å². The van der Waals surface area contributed by atoms with Gasteiger partial charge in [0, 0.05) is 24.3 Å². The summed E-state index contributed by atoms with van der Waals surface area (Å²) in [5.74, 6) is 1.56. The lowest BCUT2D eigenvalue weighted by atomic mass is 9.97. The van der Waals surface area contributed by atoms with Crippen molar-refractivity contribution in [2.24, 2.45) is 0 Å². The number of rotatable bonds is 7. The van der Waals surface area contributed by atoms with E-state index in [1.165, 1.54) is 6.08 Å². The number of para-hydroxylation sites is 2. The third kappa shape index (κ3) is 3.66. The van der Waals surface area contributed by atoms with E-state index in [1.807, 2.05) is 48.5 Å². The Balaban J connectivity index is 1.61. The fourth-order valence-electron chi connectivity index (χ4n) is 2.76. The summed E-state index contributed by atoms with van der Waals surface area (Å²) in [6.07, 6.45) is 2.91. The molecule has 1 aliphatic heterocycles. The molecule has 0 aromatic heterocycles. The smallest absolute Gasteiger partial charge is 0.243 e. The molecular formula is C20H21NO3. The molecule has 0 unspecified atom stereocenters. The summed E-state index contributed by atoms with van der Waals surface area (Å²) in [6.45, 7) is 4.69. The van der Waals surface area contributed by atoms with E-state index >= 15 is 0 Å². The zero-order chi connectivity index (χ0) is 16.8. The second-order valence-corrected chi connectivity index (χ2v) is 5.63. The number of fused-ring (bicyclic) bond motifs is 2. The van der Waals surface area contributed by atoms with Gasteiger partial charge in [-0.25, -0.2) is 0 Å². The van der Waals surface area contributed by atoms with Crippen molar-refractivity contribution in [1.29, 1.82) is 0 Å². The van der Waals surface area contributed by atoms with Crippen molar-refractivity contribution in [3.8, 4) is 11.5 Å². The van der Waals surface area contributed by atoms with Crippen LogP contribution in [0.4, 0.5) is 0 Å². The molecule has 0 saturated carbocycles. The molecule has 0 fully saturated rings. The van der Waals surface area contributed by atoms with Crippen molar-refractivity contribution in [1.82, 2.24) is 5.32 Å². The molecule has 2 aromatic carbocycles. The van der Waals surface area contributed by atoms with Gasteiger partial charge in [0.25, 0.3) is 0 Å². The van der Waals surface area contributed by atoms with E-state index in [9.17, 15) is 4.79 Å². The van der Waals surface area contributed by atoms with Gasteiger partial charge in [0.1, 0.15) is 17.6 Å². The SMILES string of the molecule is C=CC(=O)NCCCCOC1c2ccccc2Oc2ccccc21. The fourth-order valence-corrected chi connectivity index (χ4v) is 2.76. The van der Waals surface area contributed by atoms with Crippen molar-refractivity contribution >= 4 is 5.91 Å². The van der Waals surface area contributed by atoms with Crippen LogP contribution in [-0.2, 0) is 9.53 Å². The Hall–Kier alpha value is -2.59. The third-order valence-electron chi connectivity index (χ3n) is 3.96. The van der Waals surface area contributed by atoms with Crippen LogP contribution in [0, 0.1) is 0 Å². The first-order chi connectivity index (χ1) is 11.8. The van der Waals surface area contributed by atoms with Gasteiger partial charge in [0.05, 0.1) is 0 Å². The number of ether oxygens (including phenoxy) is 2. The molecule has 0 atom stereocenters. The molecule has 0 bridgehead atoms. The molecule has 1 N–H and O–H groups in total. The Labute approximate surface area is 142 Å². The minimum absolute atomic E-state index is 0.117. The third-order valence-corrected chi connectivity index (χ3v) is 3.96. The summed E-state index contributed by atoms with van der Waals surface area (Å²) in [6, 6.07) is 15.9. The van der Waals surface area contributed by atoms with Gasteiger partial charge in [-0.3, -0.25) is 4.79 Å². The normalized spacial score (nSPS) is 12.7. The zero-order valence-electron chi connectivity index (χ0n) is 13.5. The van der Waals surface area contributed by atoms with Crippen LogP contribution in [0.2, 0.25) is 0 Å². The fraction of sp³-hybridized carbons (Fsp3) is 0.250. The van der Waals surface area contributed by atoms with E-state index < -0.39 is 0 Å². The van der Waals surface area contributed by atoms with Crippen molar-refractivity contribution in [3.05, 3.63) is 72.3 Å². The summed E-state index contributed by atoms with van der Waals surface area (Å²) in [5, 5.41) is 2.77. The van der Waals surface area contributed by atoms with Gasteiger partial charge < -0.3 is 14.8 Å². The first-order valence-corrected chi connectivity index (χ1v) is 8.17. The number of hydrogen-bond acceptors (Lipinski definition) is 3. The Morgan fingerprint density at radius 2 is 1.71 bits per heavy atom. The predicted molar refractivity (Wildman–Crippen MR) is 93.2 cm³/mol. The lowest BCUT2D eigenvalue weighted by molar-refractivity contribution is -0.116. The van der Waals surface area contributed by atoms with E-state index in [2.05, 4.69) is 11.9 Å². The van der Waals surface area contributed by atoms with Crippen molar-refractivity contribution in [3.63, 3.8) is 0 Å². The van der Waals surface area contributed by atoms with Gasteiger partial charge in [-0.1, -0.05) is 43.0 Å². The van der Waals surface area contributed by atoms with Crippen LogP contribution in [0.1, 0.15) is 30.1 Å². The molecular weight excluding hydrogens is 302 g/mol. The topological polar surface area (TPSA) is 47.6 Å². The summed E-state index contributed by atoms with van der Waals surface area (Å²) in [4.78, 5) is 11.1. The largest absolute Gasteiger partial charge is 0.457 e. The summed E-state index contributed by atoms with van der Waals surface area (Å²) < 4.78 is 12.1. The van der Waals surface area contributed by atoms with E-state index in [-0.39, 0.29) is 12.0 Å². The maximum absolute atomic E-state index is 11.1. The van der Waals surface area contributed by atoms with Crippen LogP contribution in [-0.4, -0.2) is 19.1 Å². The van der Waals surface area contributed by atoms with Crippen LogP contribution in [0.5, 0.6) is 11.5 Å². The zero-order valence-corrected chi connectivity index (χ0v) is 13.5. The second-order valence-electron chi connectivity index (χ2n) is 5.63. The molecule has 1 aliphatic rings. The Kier molecular flexibility index (Phi) is 5.29. The molecule has 4 nitrogen and oxygen atoms in total. The maximum atomic E-state index is 11.1. The lowest BCUT2D eigenvalue weighted by Gasteiger charge is -2.28. The summed E-state index contributed by atoms with van der Waals surface area (Å²) >= 11 is 0. The van der Waals surface area contributed by atoms with Gasteiger partial charge in [0.15, 0.2) is 0 Å². The molecule has 2 aromatic rings. The predicted octanol–water partition coefficient (Wildman–Crippen LogP) is 3.98. The van der Waals surface area contributed by atoms with Crippen LogP contribution in [0.3, 0.4) is 0 Å². The highest BCUT2D eigenvalue weighted by Gasteiger charge is 2.27. The van der Waals surface area contributed by atoms with Gasteiger partial charge in [-0.05, 0) is 31.1 Å². The number of carbonyl (C=O) groups is 1. The van der Waals surface area contributed by atoms with E-state index in [4.69, 9.17) is 9.47 Å². The quantitative estimate of drug-likeness (QED) is 0.619. The average molecular weight is 323 g/mol. The highest BCUT2D eigenvalue weighted by molar-refractivity contribution is 5.86. The lowest BCUT2D eigenvalue weighted by Crippen LogP contribution is -2.22. The minimum Gasteiger partial charge on any atom is -0.457 e. The van der Waals surface area contributed by atoms with Crippen LogP contribution in [0.25, 0.3) is 0 Å². The number of amides is 1. The maximum Gasteiger partial charge on any atom is 0.243 e. The average Bonchev–Trinajstić information content (AvgIpc) is 2.63. The number of benzene rings is 2. The van der Waals surface area contributed by atoms with Gasteiger partial charge >= 0.3 is 0 Å². The van der Waals surface area contributed by atoms with Crippen LogP contribution < -0.4 is 10.1 Å². The minimum atomic E-state index is -0.136. The number of carbonyl (C=O) groups excluding carboxylic acids is 1. The monoisotopic (exact) mass is 323 g/mol. The van der Waals surface area contributed by atoms with Crippen molar-refractivity contribution < 1.29 is 14.3 Å². The van der Waals surface area contributed by atoms with Crippen LogP contribution in [0.15, 0.2) is 61.2 Å². The molecule has 1 heterocycles. The van der Waals surface area contributed by atoms with E-state index in [1.54, 1.807) is 0 Å². The summed E-state index contributed by atoms with van der Waals surface area (Å²) in [5.41, 5.74) is 2.10. The molecule has 4 heteroatoms. The van der Waals surface area contributed by atoms with Crippen molar-refractivity contribution in [2.75, 3.05) is 13.2 Å². The number of hydrogen-bond donors (Lipinski definition) is 1. The van der Waals surface area contributed by atoms with Gasteiger partial charge in [-0.2, -0.15) is 0 Å². The molecule has 3 rings (SSSR count). The molecule has 0 radical (unpaired) electrons. The van der Waals surface area contributed by atoms with Gasteiger partial charge in [-0.15, -0.1) is 0 Å². The Morgan fingerprint density at radius 1 is 1.08 bits per heavy atom. The molecule has 0 saturated heterocycles. The van der Waals surface area contributed by atoms with Gasteiger partial charge in [0.2, 0.25) is 5.91 Å². The molecule has 1 amide bonds. The first kappa shape index (κ1) is 16.3. The standard InChI is InChI=1S/C20H21NO3/c1-2-19(22)21-13-7-8-14-23-20-15-9-3-5-11-17(15)24-18-12-6-4-10-16(18)20/h2-6,9-12,20H,1,7-8,13-14H2,(H,21,22). The second kappa shape index (κ2) is 7.79. The number of nitrogens with one attached hydrogen (secondary N) is 1. The Morgan fingerprint density at radius 3 is 2.33 bits per heavy atom. The molecule has 0 aliphatic carbocycles. The molecule has 124 valence electrons. The highest BCUT2D eigenvalue weighted by Crippen LogP contribution is 2.44. The molecule has 24 heavy (non-hydrogen) atoms. The Bertz CT molecular complexity index is 681. The number of unbranched alkanes of at least 4 members (excludes halogenated alkanes) is 1.